The van der Waals surface area contributed by atoms with E-state index in [4.69, 9.17) is 0 Å². The molecule has 33 valence electrons. The number of hydrogen-bond acceptors (Lipinski definition) is 1. The van der Waals surface area contributed by atoms with Gasteiger partial charge in [-0.3, -0.25) is 0 Å². The van der Waals surface area contributed by atoms with Crippen LogP contribution in [0.4, 0.5) is 0 Å². The third-order valence-corrected chi connectivity index (χ3v) is 0.808. The smallest absolute Gasteiger partial charge is 0.0262 e. The topological polar surface area (TPSA) is 21.9 Å². The van der Waals surface area contributed by atoms with Crippen molar-refractivity contribution in [1.82, 2.24) is 5.32 Å². The highest BCUT2D eigenvalue weighted by atomic mass is 15.1. The van der Waals surface area contributed by atoms with Crippen LogP contribution in [0, 0.1) is 6.42 Å². The van der Waals surface area contributed by atoms with E-state index in [1.165, 1.54) is 0 Å². The molecule has 0 aromatic carbocycles. The van der Waals surface area contributed by atoms with Crippen molar-refractivity contribution >= 4 is 0 Å². The normalized spacial score (nSPS) is 29.7. The Hall–Kier alpha value is -0.300. The highest BCUT2D eigenvalue weighted by Gasteiger charge is 2.16. The molecular weight excluding hydrogens is 74.1 g/mol. The fraction of sp³-hybridized carbons (Fsp3) is 0.400. The van der Waals surface area contributed by atoms with Crippen LogP contribution in [0.2, 0.25) is 0 Å². The monoisotopic (exact) mass is 82.1 g/mol. The van der Waals surface area contributed by atoms with E-state index >= 15 is 0 Å². The SMILES string of the molecule is C=C[CH]C1CN1. The van der Waals surface area contributed by atoms with Crippen molar-refractivity contribution in [2.45, 2.75) is 6.04 Å². The van der Waals surface area contributed by atoms with E-state index in [0.717, 1.165) is 6.54 Å². The number of hydrogen-bond donors (Lipinski definition) is 1. The molecule has 0 saturated carbocycles. The maximum absolute atomic E-state index is 3.55. The summed E-state index contributed by atoms with van der Waals surface area (Å²) in [5.41, 5.74) is 0. The molecule has 1 saturated heterocycles. The van der Waals surface area contributed by atoms with E-state index in [1.807, 2.05) is 6.08 Å². The predicted molar refractivity (Wildman–Crippen MR) is 26.3 cm³/mol. The van der Waals surface area contributed by atoms with Gasteiger partial charge < -0.3 is 5.32 Å². The van der Waals surface area contributed by atoms with E-state index < -0.39 is 0 Å². The summed E-state index contributed by atoms with van der Waals surface area (Å²) in [5.74, 6) is 0. The largest absolute Gasteiger partial charge is 0.311 e. The molecule has 1 fully saturated rings. The van der Waals surface area contributed by atoms with Gasteiger partial charge in [0.25, 0.3) is 0 Å². The molecule has 1 radical (unpaired) electrons. The van der Waals surface area contributed by atoms with Crippen LogP contribution in [0.15, 0.2) is 12.7 Å². The number of nitrogens with one attached hydrogen (secondary N) is 1. The lowest BCUT2D eigenvalue weighted by atomic mass is 10.3. The summed E-state index contributed by atoms with van der Waals surface area (Å²) in [6.07, 6.45) is 3.88. The summed E-state index contributed by atoms with van der Waals surface area (Å²) in [5, 5.41) is 3.11. The lowest BCUT2D eigenvalue weighted by Crippen LogP contribution is -1.84. The van der Waals surface area contributed by atoms with Gasteiger partial charge in [-0.05, 0) is 0 Å². The fourth-order valence-corrected chi connectivity index (χ4v) is 0.368. The Balaban J connectivity index is 2.00. The van der Waals surface area contributed by atoms with Gasteiger partial charge in [-0.15, -0.1) is 6.58 Å². The van der Waals surface area contributed by atoms with E-state index in [1.54, 1.807) is 0 Å². The second-order valence-electron chi connectivity index (χ2n) is 1.44. The molecule has 1 aliphatic rings. The van der Waals surface area contributed by atoms with Crippen LogP contribution in [0.1, 0.15) is 0 Å². The van der Waals surface area contributed by atoms with Crippen LogP contribution in [0.3, 0.4) is 0 Å². The summed E-state index contributed by atoms with van der Waals surface area (Å²) in [6, 6.07) is 0.655. The zero-order valence-electron chi connectivity index (χ0n) is 3.65. The molecule has 0 bridgehead atoms. The Labute approximate surface area is 38.1 Å². The second kappa shape index (κ2) is 1.43. The van der Waals surface area contributed by atoms with Crippen LogP contribution < -0.4 is 5.32 Å². The zero-order valence-corrected chi connectivity index (χ0v) is 3.65. The second-order valence-corrected chi connectivity index (χ2v) is 1.44. The summed E-state index contributed by atoms with van der Waals surface area (Å²) in [4.78, 5) is 0. The van der Waals surface area contributed by atoms with Gasteiger partial charge in [-0.1, -0.05) is 6.08 Å². The van der Waals surface area contributed by atoms with Crippen molar-refractivity contribution in [1.29, 1.82) is 0 Å². The van der Waals surface area contributed by atoms with Crippen molar-refractivity contribution < 1.29 is 0 Å². The molecular formula is C5H8N. The predicted octanol–water partition coefficient (Wildman–Crippen LogP) is 0.348. The summed E-state index contributed by atoms with van der Waals surface area (Å²) in [7, 11) is 0. The van der Waals surface area contributed by atoms with Gasteiger partial charge in [0.1, 0.15) is 0 Å². The minimum Gasteiger partial charge on any atom is -0.311 e. The van der Waals surface area contributed by atoms with Gasteiger partial charge in [0, 0.05) is 19.0 Å². The molecule has 0 aromatic rings. The molecule has 0 amide bonds. The van der Waals surface area contributed by atoms with Crippen LogP contribution >= 0.6 is 0 Å². The minimum atomic E-state index is 0.655. The molecule has 6 heavy (non-hydrogen) atoms. The third kappa shape index (κ3) is 0.830. The highest BCUT2D eigenvalue weighted by molar-refractivity contribution is 5.05. The van der Waals surface area contributed by atoms with Crippen molar-refractivity contribution in [3.05, 3.63) is 19.1 Å². The summed E-state index contributed by atoms with van der Waals surface area (Å²) in [6.45, 7) is 4.69. The van der Waals surface area contributed by atoms with Crippen LogP contribution in [0.5, 0.6) is 0 Å². The summed E-state index contributed by atoms with van der Waals surface area (Å²) >= 11 is 0. The van der Waals surface area contributed by atoms with Crippen molar-refractivity contribution in [2.24, 2.45) is 0 Å². The molecule has 0 spiro atoms. The maximum Gasteiger partial charge on any atom is 0.0262 e. The van der Waals surface area contributed by atoms with Gasteiger partial charge in [0.05, 0.1) is 0 Å². The van der Waals surface area contributed by atoms with E-state index in [-0.39, 0.29) is 0 Å². The molecule has 1 N–H and O–H groups in total. The lowest BCUT2D eigenvalue weighted by Gasteiger charge is -1.75. The average molecular weight is 82.1 g/mol. The van der Waals surface area contributed by atoms with Crippen LogP contribution in [-0.4, -0.2) is 12.6 Å². The molecule has 0 aromatic heterocycles. The molecule has 1 heterocycles. The van der Waals surface area contributed by atoms with Crippen LogP contribution in [-0.2, 0) is 0 Å². The molecule has 1 heteroatoms. The Morgan fingerprint density at radius 2 is 2.50 bits per heavy atom. The first-order chi connectivity index (χ1) is 2.93. The van der Waals surface area contributed by atoms with Gasteiger partial charge in [-0.2, -0.15) is 0 Å². The quantitative estimate of drug-likeness (QED) is 0.477. The van der Waals surface area contributed by atoms with Crippen molar-refractivity contribution in [2.75, 3.05) is 6.54 Å². The first-order valence-electron chi connectivity index (χ1n) is 2.13. The number of rotatable bonds is 2. The molecule has 1 atom stereocenters. The highest BCUT2D eigenvalue weighted by Crippen LogP contribution is 1.99. The van der Waals surface area contributed by atoms with E-state index in [0.29, 0.717) is 6.04 Å². The average Bonchev–Trinajstić information content (AvgIpc) is 2.21. The fourth-order valence-electron chi connectivity index (χ4n) is 0.368. The molecule has 1 aliphatic heterocycles. The minimum absolute atomic E-state index is 0.655. The standard InChI is InChI=1S/C5H8N/c1-2-3-5-4-6-5/h2-3,5-6H,1,4H2. The van der Waals surface area contributed by atoms with Gasteiger partial charge >= 0.3 is 0 Å². The Morgan fingerprint density at radius 1 is 1.83 bits per heavy atom. The summed E-state index contributed by atoms with van der Waals surface area (Å²) < 4.78 is 0. The van der Waals surface area contributed by atoms with Crippen molar-refractivity contribution in [3.63, 3.8) is 0 Å². The lowest BCUT2D eigenvalue weighted by molar-refractivity contribution is 1.15. The third-order valence-electron chi connectivity index (χ3n) is 0.808. The molecule has 1 unspecified atom stereocenters. The zero-order chi connectivity index (χ0) is 4.41. The maximum atomic E-state index is 3.55. The van der Waals surface area contributed by atoms with Crippen LogP contribution in [0.25, 0.3) is 0 Å². The Bertz CT molecular complexity index is 55.0. The Kier molecular flexibility index (Phi) is 0.926. The molecule has 1 rings (SSSR count). The first kappa shape index (κ1) is 3.88. The van der Waals surface area contributed by atoms with Crippen molar-refractivity contribution in [3.8, 4) is 0 Å². The first-order valence-corrected chi connectivity index (χ1v) is 2.13. The van der Waals surface area contributed by atoms with Gasteiger partial charge in [0.2, 0.25) is 0 Å². The van der Waals surface area contributed by atoms with Gasteiger partial charge in [-0.25, -0.2) is 0 Å². The van der Waals surface area contributed by atoms with Gasteiger partial charge in [0.15, 0.2) is 0 Å². The Morgan fingerprint density at radius 3 is 2.67 bits per heavy atom. The van der Waals surface area contributed by atoms with E-state index in [9.17, 15) is 0 Å². The molecule has 0 aliphatic carbocycles. The van der Waals surface area contributed by atoms with E-state index in [2.05, 4.69) is 18.3 Å². The molecule has 1 nitrogen and oxygen atoms in total.